The summed E-state index contributed by atoms with van der Waals surface area (Å²) in [5, 5.41) is 0.628. The van der Waals surface area contributed by atoms with E-state index in [1.165, 1.54) is 7.11 Å². The Kier molecular flexibility index (Phi) is 5.55. The molecule has 4 rings (SSSR count). The van der Waals surface area contributed by atoms with Crippen molar-refractivity contribution in [1.29, 1.82) is 0 Å². The molecule has 7 heteroatoms. The van der Waals surface area contributed by atoms with Gasteiger partial charge in [0.05, 0.1) is 19.0 Å². The largest absolute Gasteiger partial charge is 0.463 e. The standard InChI is InChI=1S/C23H22N2O4S/c1-4-8-18-24-21-20(19(14(2)30-21)15-9-6-5-7-10-15)22(26)25(18)13-16-11-12-17(29-16)23(27)28-3/h5-7,9-12H,4,8,13H2,1-3H3. The summed E-state index contributed by atoms with van der Waals surface area (Å²) in [5.74, 6) is 0.787. The van der Waals surface area contributed by atoms with Gasteiger partial charge in [-0.3, -0.25) is 9.36 Å². The van der Waals surface area contributed by atoms with Crippen molar-refractivity contribution in [3.8, 4) is 11.1 Å². The van der Waals surface area contributed by atoms with Gasteiger partial charge in [-0.2, -0.15) is 0 Å². The fourth-order valence-corrected chi connectivity index (χ4v) is 4.65. The summed E-state index contributed by atoms with van der Waals surface area (Å²) in [5.41, 5.74) is 1.84. The number of esters is 1. The van der Waals surface area contributed by atoms with Gasteiger partial charge >= 0.3 is 5.97 Å². The fourth-order valence-electron chi connectivity index (χ4n) is 3.60. The second-order valence-electron chi connectivity index (χ2n) is 7.01. The van der Waals surface area contributed by atoms with E-state index < -0.39 is 5.97 Å². The molecule has 0 fully saturated rings. The van der Waals surface area contributed by atoms with Crippen LogP contribution in [0.25, 0.3) is 21.3 Å². The number of thiophene rings is 1. The third-order valence-corrected chi connectivity index (χ3v) is 5.96. The molecule has 0 aliphatic rings. The Morgan fingerprint density at radius 1 is 1.20 bits per heavy atom. The second kappa shape index (κ2) is 8.28. The smallest absolute Gasteiger partial charge is 0.373 e. The third kappa shape index (κ3) is 3.57. The lowest BCUT2D eigenvalue weighted by Crippen LogP contribution is -2.25. The summed E-state index contributed by atoms with van der Waals surface area (Å²) < 4.78 is 12.0. The van der Waals surface area contributed by atoms with Gasteiger partial charge in [-0.25, -0.2) is 9.78 Å². The molecular formula is C23H22N2O4S. The van der Waals surface area contributed by atoms with Crippen LogP contribution in [0.15, 0.2) is 51.7 Å². The molecule has 1 aromatic carbocycles. The molecule has 0 spiro atoms. The Labute approximate surface area is 177 Å². The van der Waals surface area contributed by atoms with E-state index in [9.17, 15) is 9.59 Å². The van der Waals surface area contributed by atoms with Gasteiger partial charge in [-0.05, 0) is 31.0 Å². The zero-order valence-electron chi connectivity index (χ0n) is 17.1. The van der Waals surface area contributed by atoms with Gasteiger partial charge in [0.2, 0.25) is 5.76 Å². The van der Waals surface area contributed by atoms with Gasteiger partial charge in [0.15, 0.2) is 0 Å². The lowest BCUT2D eigenvalue weighted by molar-refractivity contribution is 0.0563. The van der Waals surface area contributed by atoms with Crippen LogP contribution in [-0.4, -0.2) is 22.6 Å². The summed E-state index contributed by atoms with van der Waals surface area (Å²) in [4.78, 5) is 32.0. The maximum absolute atomic E-state index is 13.6. The molecule has 0 unspecified atom stereocenters. The lowest BCUT2D eigenvalue weighted by Gasteiger charge is -2.11. The molecule has 0 saturated carbocycles. The van der Waals surface area contributed by atoms with E-state index in [0.717, 1.165) is 27.3 Å². The number of hydrogen-bond acceptors (Lipinski definition) is 6. The normalized spacial score (nSPS) is 11.2. The van der Waals surface area contributed by atoms with Crippen molar-refractivity contribution in [2.24, 2.45) is 0 Å². The van der Waals surface area contributed by atoms with Gasteiger partial charge in [-0.1, -0.05) is 37.3 Å². The van der Waals surface area contributed by atoms with E-state index in [1.54, 1.807) is 28.0 Å². The maximum Gasteiger partial charge on any atom is 0.373 e. The number of fused-ring (bicyclic) bond motifs is 1. The van der Waals surface area contributed by atoms with Crippen molar-refractivity contribution in [2.75, 3.05) is 7.11 Å². The van der Waals surface area contributed by atoms with E-state index in [0.29, 0.717) is 23.4 Å². The zero-order chi connectivity index (χ0) is 21.3. The van der Waals surface area contributed by atoms with Crippen LogP contribution in [-0.2, 0) is 17.7 Å². The molecule has 0 N–H and O–H groups in total. The third-order valence-electron chi connectivity index (χ3n) is 4.97. The first-order chi connectivity index (χ1) is 14.5. The Morgan fingerprint density at radius 3 is 2.67 bits per heavy atom. The van der Waals surface area contributed by atoms with Gasteiger partial charge in [0, 0.05) is 16.9 Å². The number of benzene rings is 1. The van der Waals surface area contributed by atoms with E-state index in [-0.39, 0.29) is 17.9 Å². The summed E-state index contributed by atoms with van der Waals surface area (Å²) in [7, 11) is 1.30. The Bertz CT molecular complexity index is 1270. The number of carbonyl (C=O) groups excluding carboxylic acids is 1. The van der Waals surface area contributed by atoms with Crippen LogP contribution in [0.4, 0.5) is 0 Å². The number of methoxy groups -OCH3 is 1. The van der Waals surface area contributed by atoms with E-state index >= 15 is 0 Å². The molecule has 0 aliphatic carbocycles. The van der Waals surface area contributed by atoms with E-state index in [1.807, 2.05) is 37.3 Å². The topological polar surface area (TPSA) is 74.3 Å². The molecule has 0 radical (unpaired) electrons. The molecule has 0 atom stereocenters. The van der Waals surface area contributed by atoms with Gasteiger partial charge in [-0.15, -0.1) is 11.3 Å². The maximum atomic E-state index is 13.6. The minimum Gasteiger partial charge on any atom is -0.463 e. The number of carbonyl (C=O) groups is 1. The zero-order valence-corrected chi connectivity index (χ0v) is 17.9. The number of furan rings is 1. The second-order valence-corrected chi connectivity index (χ2v) is 8.21. The van der Waals surface area contributed by atoms with Crippen molar-refractivity contribution < 1.29 is 13.9 Å². The van der Waals surface area contributed by atoms with Crippen molar-refractivity contribution >= 4 is 27.5 Å². The first kappa shape index (κ1) is 20.1. The predicted molar refractivity (Wildman–Crippen MR) is 117 cm³/mol. The molecule has 0 amide bonds. The molecular weight excluding hydrogens is 400 g/mol. The Morgan fingerprint density at radius 2 is 1.97 bits per heavy atom. The molecule has 3 heterocycles. The molecule has 6 nitrogen and oxygen atoms in total. The minimum absolute atomic E-state index is 0.0947. The van der Waals surface area contributed by atoms with Crippen LogP contribution in [0, 0.1) is 6.92 Å². The summed E-state index contributed by atoms with van der Waals surface area (Å²) in [6, 6.07) is 13.1. The number of aromatic nitrogens is 2. The molecule has 3 aromatic heterocycles. The lowest BCUT2D eigenvalue weighted by atomic mass is 10.0. The Balaban J connectivity index is 1.88. The molecule has 4 aromatic rings. The molecule has 0 bridgehead atoms. The van der Waals surface area contributed by atoms with Crippen molar-refractivity contribution in [1.82, 2.24) is 9.55 Å². The highest BCUT2D eigenvalue weighted by molar-refractivity contribution is 7.19. The number of ether oxygens (including phenoxy) is 1. The van der Waals surface area contributed by atoms with Crippen LogP contribution >= 0.6 is 11.3 Å². The molecule has 30 heavy (non-hydrogen) atoms. The number of aryl methyl sites for hydroxylation is 2. The van der Waals surface area contributed by atoms with Gasteiger partial charge in [0.25, 0.3) is 5.56 Å². The number of hydrogen-bond donors (Lipinski definition) is 0. The first-order valence-electron chi connectivity index (χ1n) is 9.78. The first-order valence-corrected chi connectivity index (χ1v) is 10.6. The number of rotatable bonds is 6. The summed E-state index contributed by atoms with van der Waals surface area (Å²) in [6.07, 6.45) is 1.53. The van der Waals surface area contributed by atoms with Crippen molar-refractivity contribution in [3.05, 3.63) is 75.0 Å². The van der Waals surface area contributed by atoms with E-state index in [2.05, 4.69) is 6.92 Å². The quantitative estimate of drug-likeness (QED) is 0.417. The average Bonchev–Trinajstić information content (AvgIpc) is 3.35. The highest BCUT2D eigenvalue weighted by Crippen LogP contribution is 2.35. The SMILES string of the molecule is CCCc1nc2sc(C)c(-c3ccccc3)c2c(=O)n1Cc1ccc(C(=O)OC)o1. The van der Waals surface area contributed by atoms with Crippen LogP contribution in [0.2, 0.25) is 0 Å². The van der Waals surface area contributed by atoms with Crippen molar-refractivity contribution in [2.45, 2.75) is 33.2 Å². The molecule has 0 aliphatic heterocycles. The molecule has 0 saturated heterocycles. The van der Waals surface area contributed by atoms with Crippen LogP contribution in [0.1, 0.15) is 40.4 Å². The summed E-state index contributed by atoms with van der Waals surface area (Å²) in [6.45, 7) is 4.28. The van der Waals surface area contributed by atoms with Crippen LogP contribution in [0.3, 0.4) is 0 Å². The highest BCUT2D eigenvalue weighted by Gasteiger charge is 2.20. The minimum atomic E-state index is -0.546. The average molecular weight is 423 g/mol. The van der Waals surface area contributed by atoms with Crippen molar-refractivity contribution in [3.63, 3.8) is 0 Å². The highest BCUT2D eigenvalue weighted by atomic mass is 32.1. The van der Waals surface area contributed by atoms with Crippen LogP contribution < -0.4 is 5.56 Å². The number of nitrogens with zero attached hydrogens (tertiary/aromatic N) is 2. The van der Waals surface area contributed by atoms with Gasteiger partial charge in [0.1, 0.15) is 16.4 Å². The fraction of sp³-hybridized carbons (Fsp3) is 0.261. The Hall–Kier alpha value is -3.19. The monoisotopic (exact) mass is 422 g/mol. The van der Waals surface area contributed by atoms with Gasteiger partial charge < -0.3 is 9.15 Å². The summed E-state index contributed by atoms with van der Waals surface area (Å²) >= 11 is 1.54. The molecule has 154 valence electrons. The van der Waals surface area contributed by atoms with Crippen LogP contribution in [0.5, 0.6) is 0 Å². The van der Waals surface area contributed by atoms with E-state index in [4.69, 9.17) is 14.1 Å². The predicted octanol–water partition coefficient (Wildman–Crippen LogP) is 4.81.